The van der Waals surface area contributed by atoms with E-state index in [0.717, 1.165) is 31.6 Å². The summed E-state index contributed by atoms with van der Waals surface area (Å²) in [7, 11) is 2.18. The quantitative estimate of drug-likeness (QED) is 0.908. The first-order chi connectivity index (χ1) is 9.74. The molecule has 3 rings (SSSR count). The van der Waals surface area contributed by atoms with Gasteiger partial charge in [0.1, 0.15) is 11.3 Å². The van der Waals surface area contributed by atoms with Crippen molar-refractivity contribution in [2.45, 2.75) is 13.0 Å². The van der Waals surface area contributed by atoms with Crippen molar-refractivity contribution in [3.05, 3.63) is 36.0 Å². The number of rotatable bonds is 2. The van der Waals surface area contributed by atoms with Crippen LogP contribution in [0.4, 0.5) is 0 Å². The molecule has 1 aliphatic rings. The van der Waals surface area contributed by atoms with Gasteiger partial charge in [0.25, 0.3) is 0 Å². The highest BCUT2D eigenvalue weighted by Gasteiger charge is 2.14. The Hall–Kier alpha value is -1.65. The first-order valence-corrected chi connectivity index (χ1v) is 7.20. The number of aromatic hydroxyl groups is 1. The molecule has 1 saturated heterocycles. The number of hydrogen-bond donors (Lipinski definition) is 1. The Balaban J connectivity index is 1.85. The third kappa shape index (κ3) is 2.76. The Bertz CT molecular complexity index is 599. The third-order valence-corrected chi connectivity index (χ3v) is 4.04. The van der Waals surface area contributed by atoms with E-state index in [4.69, 9.17) is 0 Å². The molecular formula is C16H21N3O. The summed E-state index contributed by atoms with van der Waals surface area (Å²) < 4.78 is 0. The largest absolute Gasteiger partial charge is 0.506 e. The first kappa shape index (κ1) is 13.3. The molecule has 1 aromatic heterocycles. The third-order valence-electron chi connectivity index (χ3n) is 4.04. The summed E-state index contributed by atoms with van der Waals surface area (Å²) in [5.41, 5.74) is 1.95. The van der Waals surface area contributed by atoms with Crippen molar-refractivity contribution in [1.29, 1.82) is 0 Å². The van der Waals surface area contributed by atoms with Crippen LogP contribution in [0.15, 0.2) is 30.5 Å². The summed E-state index contributed by atoms with van der Waals surface area (Å²) in [6.45, 7) is 5.45. The highest BCUT2D eigenvalue weighted by Crippen LogP contribution is 2.26. The van der Waals surface area contributed by atoms with Crippen molar-refractivity contribution in [1.82, 2.24) is 14.8 Å². The molecule has 0 saturated carbocycles. The molecule has 4 nitrogen and oxygen atoms in total. The Morgan fingerprint density at radius 1 is 1.15 bits per heavy atom. The SMILES string of the molecule is CN1CCCN(Cc2ccc(O)c3ncccc23)CC1. The Morgan fingerprint density at radius 2 is 2.05 bits per heavy atom. The van der Waals surface area contributed by atoms with Crippen molar-refractivity contribution in [2.24, 2.45) is 0 Å². The average Bonchev–Trinajstić information content (AvgIpc) is 2.67. The van der Waals surface area contributed by atoms with E-state index in [9.17, 15) is 5.11 Å². The van der Waals surface area contributed by atoms with Crippen LogP contribution < -0.4 is 0 Å². The fourth-order valence-corrected chi connectivity index (χ4v) is 2.85. The molecule has 0 amide bonds. The van der Waals surface area contributed by atoms with E-state index in [1.54, 1.807) is 12.3 Å². The van der Waals surface area contributed by atoms with Gasteiger partial charge >= 0.3 is 0 Å². The van der Waals surface area contributed by atoms with Crippen molar-refractivity contribution in [2.75, 3.05) is 33.2 Å². The van der Waals surface area contributed by atoms with Gasteiger partial charge < -0.3 is 10.0 Å². The van der Waals surface area contributed by atoms with E-state index >= 15 is 0 Å². The maximum Gasteiger partial charge on any atom is 0.141 e. The lowest BCUT2D eigenvalue weighted by molar-refractivity contribution is 0.270. The van der Waals surface area contributed by atoms with Gasteiger partial charge in [0.05, 0.1) is 0 Å². The van der Waals surface area contributed by atoms with Crippen LogP contribution in [-0.2, 0) is 6.54 Å². The minimum absolute atomic E-state index is 0.264. The average molecular weight is 271 g/mol. The lowest BCUT2D eigenvalue weighted by Gasteiger charge is -2.21. The molecule has 1 aliphatic heterocycles. The molecule has 0 atom stereocenters. The van der Waals surface area contributed by atoms with Gasteiger partial charge in [0, 0.05) is 31.2 Å². The number of phenolic OH excluding ortho intramolecular Hbond substituents is 1. The molecule has 106 valence electrons. The van der Waals surface area contributed by atoms with Gasteiger partial charge in [0.2, 0.25) is 0 Å². The highest BCUT2D eigenvalue weighted by atomic mass is 16.3. The molecule has 4 heteroatoms. The van der Waals surface area contributed by atoms with Gasteiger partial charge in [0.15, 0.2) is 0 Å². The molecule has 2 heterocycles. The molecule has 0 bridgehead atoms. The summed E-state index contributed by atoms with van der Waals surface area (Å²) in [6.07, 6.45) is 2.94. The van der Waals surface area contributed by atoms with Crippen LogP contribution in [-0.4, -0.2) is 53.1 Å². The van der Waals surface area contributed by atoms with E-state index in [1.807, 2.05) is 18.2 Å². The highest BCUT2D eigenvalue weighted by molar-refractivity contribution is 5.87. The normalized spacial score (nSPS) is 18.2. The van der Waals surface area contributed by atoms with Crippen LogP contribution in [0, 0.1) is 0 Å². The zero-order valence-corrected chi connectivity index (χ0v) is 11.9. The van der Waals surface area contributed by atoms with Gasteiger partial charge in [-0.2, -0.15) is 0 Å². The Morgan fingerprint density at radius 3 is 2.95 bits per heavy atom. The second-order valence-electron chi connectivity index (χ2n) is 5.58. The number of likely N-dealkylation sites (N-methyl/N-ethyl adjacent to an activating group) is 1. The van der Waals surface area contributed by atoms with Gasteiger partial charge in [-0.05, 0) is 44.3 Å². The fourth-order valence-electron chi connectivity index (χ4n) is 2.85. The smallest absolute Gasteiger partial charge is 0.141 e. The molecule has 1 fully saturated rings. The molecule has 2 aromatic rings. The fraction of sp³-hybridized carbons (Fsp3) is 0.438. The zero-order chi connectivity index (χ0) is 13.9. The molecular weight excluding hydrogens is 250 g/mol. The summed E-state index contributed by atoms with van der Waals surface area (Å²) in [6, 6.07) is 7.76. The van der Waals surface area contributed by atoms with E-state index in [0.29, 0.717) is 5.52 Å². The van der Waals surface area contributed by atoms with Crippen LogP contribution in [0.5, 0.6) is 5.75 Å². The Kier molecular flexibility index (Phi) is 3.85. The van der Waals surface area contributed by atoms with E-state index in [2.05, 4.69) is 21.8 Å². The van der Waals surface area contributed by atoms with E-state index in [1.165, 1.54) is 18.5 Å². The van der Waals surface area contributed by atoms with E-state index in [-0.39, 0.29) is 5.75 Å². The zero-order valence-electron chi connectivity index (χ0n) is 11.9. The first-order valence-electron chi connectivity index (χ1n) is 7.20. The van der Waals surface area contributed by atoms with Crippen molar-refractivity contribution >= 4 is 10.9 Å². The molecule has 0 unspecified atom stereocenters. The van der Waals surface area contributed by atoms with Gasteiger partial charge in [-0.3, -0.25) is 9.88 Å². The lowest BCUT2D eigenvalue weighted by Crippen LogP contribution is -2.28. The number of phenols is 1. The van der Waals surface area contributed by atoms with Gasteiger partial charge in [-0.1, -0.05) is 12.1 Å². The number of pyridine rings is 1. The molecule has 0 aliphatic carbocycles. The minimum Gasteiger partial charge on any atom is -0.506 e. The maximum atomic E-state index is 9.90. The van der Waals surface area contributed by atoms with Crippen LogP contribution in [0.1, 0.15) is 12.0 Å². The number of fused-ring (bicyclic) bond motifs is 1. The number of aromatic nitrogens is 1. The van der Waals surface area contributed by atoms with Gasteiger partial charge in [-0.25, -0.2) is 0 Å². The predicted molar refractivity (Wildman–Crippen MR) is 80.8 cm³/mol. The second-order valence-corrected chi connectivity index (χ2v) is 5.58. The Labute approximate surface area is 119 Å². The lowest BCUT2D eigenvalue weighted by atomic mass is 10.1. The van der Waals surface area contributed by atoms with Crippen molar-refractivity contribution in [3.63, 3.8) is 0 Å². The van der Waals surface area contributed by atoms with E-state index < -0.39 is 0 Å². The van der Waals surface area contributed by atoms with Crippen LogP contribution >= 0.6 is 0 Å². The standard InChI is InChI=1S/C16H21N3O/c1-18-8-3-9-19(11-10-18)12-13-5-6-15(20)16-14(13)4-2-7-17-16/h2,4-7,20H,3,8-12H2,1H3. The molecule has 20 heavy (non-hydrogen) atoms. The summed E-state index contributed by atoms with van der Waals surface area (Å²) in [5, 5.41) is 11.0. The second kappa shape index (κ2) is 5.77. The number of benzene rings is 1. The molecule has 1 aromatic carbocycles. The molecule has 1 N–H and O–H groups in total. The van der Waals surface area contributed by atoms with Crippen molar-refractivity contribution in [3.8, 4) is 5.75 Å². The number of hydrogen-bond acceptors (Lipinski definition) is 4. The number of nitrogens with zero attached hydrogens (tertiary/aromatic N) is 3. The molecule has 0 spiro atoms. The maximum absolute atomic E-state index is 9.90. The van der Waals surface area contributed by atoms with Gasteiger partial charge in [-0.15, -0.1) is 0 Å². The molecule has 0 radical (unpaired) electrons. The van der Waals surface area contributed by atoms with Crippen molar-refractivity contribution < 1.29 is 5.11 Å². The minimum atomic E-state index is 0.264. The summed E-state index contributed by atoms with van der Waals surface area (Å²) in [4.78, 5) is 9.16. The topological polar surface area (TPSA) is 39.6 Å². The van der Waals surface area contributed by atoms with Crippen LogP contribution in [0.2, 0.25) is 0 Å². The van der Waals surface area contributed by atoms with Crippen LogP contribution in [0.3, 0.4) is 0 Å². The summed E-state index contributed by atoms with van der Waals surface area (Å²) in [5.74, 6) is 0.264. The van der Waals surface area contributed by atoms with Crippen LogP contribution in [0.25, 0.3) is 10.9 Å². The predicted octanol–water partition coefficient (Wildman–Crippen LogP) is 2.08. The summed E-state index contributed by atoms with van der Waals surface area (Å²) >= 11 is 0. The monoisotopic (exact) mass is 271 g/mol.